The van der Waals surface area contributed by atoms with Crippen LogP contribution in [0.4, 0.5) is 13.2 Å². The Bertz CT molecular complexity index is 354. The highest BCUT2D eigenvalue weighted by molar-refractivity contribution is 5.20. The summed E-state index contributed by atoms with van der Waals surface area (Å²) in [5, 5.41) is 2.56. The number of alkyl halides is 3. The van der Waals surface area contributed by atoms with Gasteiger partial charge in [0.15, 0.2) is 0 Å². The summed E-state index contributed by atoms with van der Waals surface area (Å²) in [6, 6.07) is 6.30. The first-order valence-corrected chi connectivity index (χ1v) is 6.98. The van der Waals surface area contributed by atoms with Gasteiger partial charge in [0.25, 0.3) is 0 Å². The van der Waals surface area contributed by atoms with Crippen LogP contribution in [-0.2, 0) is 4.74 Å². The van der Waals surface area contributed by atoms with E-state index in [0.29, 0.717) is 19.6 Å². The second-order valence-electron chi connectivity index (χ2n) is 4.66. The molecule has 0 aliphatic heterocycles. The Kier molecular flexibility index (Phi) is 7.62. The molecular formula is C15H22F3NO. The molecule has 1 aromatic rings. The molecule has 0 radical (unpaired) electrons. The van der Waals surface area contributed by atoms with Crippen molar-refractivity contribution in [1.82, 2.24) is 5.32 Å². The van der Waals surface area contributed by atoms with Gasteiger partial charge in [0.2, 0.25) is 0 Å². The predicted octanol–water partition coefficient (Wildman–Crippen LogP) is 4.09. The highest BCUT2D eigenvalue weighted by Gasteiger charge is 2.40. The molecule has 0 aromatic heterocycles. The molecule has 0 heterocycles. The smallest absolute Gasteiger partial charge is 0.381 e. The van der Waals surface area contributed by atoms with Gasteiger partial charge in [-0.05, 0) is 24.9 Å². The summed E-state index contributed by atoms with van der Waals surface area (Å²) in [4.78, 5) is 0. The average Bonchev–Trinajstić information content (AvgIpc) is 2.41. The lowest BCUT2D eigenvalue weighted by molar-refractivity contribution is -0.157. The van der Waals surface area contributed by atoms with Crippen molar-refractivity contribution in [3.8, 4) is 0 Å². The van der Waals surface area contributed by atoms with Crippen LogP contribution in [0.1, 0.15) is 37.8 Å². The third-order valence-corrected chi connectivity index (χ3v) is 2.92. The van der Waals surface area contributed by atoms with Gasteiger partial charge < -0.3 is 10.1 Å². The Balaban J connectivity index is 2.36. The van der Waals surface area contributed by atoms with E-state index in [1.807, 2.05) is 0 Å². The van der Waals surface area contributed by atoms with Gasteiger partial charge in [-0.25, -0.2) is 0 Å². The summed E-state index contributed by atoms with van der Waals surface area (Å²) in [6.07, 6.45) is -1.67. The second-order valence-corrected chi connectivity index (χ2v) is 4.66. The van der Waals surface area contributed by atoms with E-state index < -0.39 is 12.2 Å². The van der Waals surface area contributed by atoms with Crippen molar-refractivity contribution in [3.05, 3.63) is 35.9 Å². The predicted molar refractivity (Wildman–Crippen MR) is 73.6 cm³/mol. The van der Waals surface area contributed by atoms with Crippen LogP contribution in [0.15, 0.2) is 30.3 Å². The minimum absolute atomic E-state index is 0.243. The highest BCUT2D eigenvalue weighted by Crippen LogP contribution is 2.32. The van der Waals surface area contributed by atoms with Crippen molar-refractivity contribution in [2.75, 3.05) is 19.8 Å². The van der Waals surface area contributed by atoms with Gasteiger partial charge in [0.1, 0.15) is 6.04 Å². The van der Waals surface area contributed by atoms with Gasteiger partial charge in [-0.15, -0.1) is 0 Å². The molecule has 0 aliphatic rings. The fourth-order valence-corrected chi connectivity index (χ4v) is 1.84. The quantitative estimate of drug-likeness (QED) is 0.691. The zero-order valence-corrected chi connectivity index (χ0v) is 11.7. The summed E-state index contributed by atoms with van der Waals surface area (Å²) < 4.78 is 44.3. The van der Waals surface area contributed by atoms with E-state index in [0.717, 1.165) is 12.8 Å². The van der Waals surface area contributed by atoms with Crippen LogP contribution in [0, 0.1) is 0 Å². The number of unbranched alkanes of at least 4 members (excludes halogenated alkanes) is 1. The molecule has 20 heavy (non-hydrogen) atoms. The molecule has 0 amide bonds. The lowest BCUT2D eigenvalue weighted by Gasteiger charge is -2.22. The maximum absolute atomic E-state index is 13.0. The molecule has 1 aromatic carbocycles. The number of rotatable bonds is 9. The minimum Gasteiger partial charge on any atom is -0.381 e. The Morgan fingerprint density at radius 3 is 2.35 bits per heavy atom. The molecule has 0 spiro atoms. The largest absolute Gasteiger partial charge is 0.407 e. The number of benzene rings is 1. The fourth-order valence-electron chi connectivity index (χ4n) is 1.84. The summed E-state index contributed by atoms with van der Waals surface area (Å²) in [6.45, 7) is 3.52. The third-order valence-electron chi connectivity index (χ3n) is 2.92. The van der Waals surface area contributed by atoms with Gasteiger partial charge >= 0.3 is 6.18 Å². The topological polar surface area (TPSA) is 21.3 Å². The van der Waals surface area contributed by atoms with Crippen LogP contribution >= 0.6 is 0 Å². The van der Waals surface area contributed by atoms with Crippen molar-refractivity contribution in [2.24, 2.45) is 0 Å². The van der Waals surface area contributed by atoms with E-state index in [-0.39, 0.29) is 12.1 Å². The summed E-state index contributed by atoms with van der Waals surface area (Å²) in [7, 11) is 0. The SMILES string of the molecule is CCCCOCCCNC(c1ccccc1)C(F)(F)F. The third kappa shape index (κ3) is 6.39. The van der Waals surface area contributed by atoms with E-state index in [9.17, 15) is 13.2 Å². The number of halogens is 3. The second kappa shape index (κ2) is 8.97. The normalized spacial score (nSPS) is 13.4. The lowest BCUT2D eigenvalue weighted by atomic mass is 10.1. The van der Waals surface area contributed by atoms with Crippen LogP contribution in [-0.4, -0.2) is 25.9 Å². The van der Waals surface area contributed by atoms with Gasteiger partial charge in [0, 0.05) is 13.2 Å². The van der Waals surface area contributed by atoms with Crippen LogP contribution in [0.3, 0.4) is 0 Å². The van der Waals surface area contributed by atoms with Crippen molar-refractivity contribution >= 4 is 0 Å². The molecule has 0 bridgehead atoms. The van der Waals surface area contributed by atoms with E-state index in [1.165, 1.54) is 12.1 Å². The number of hydrogen-bond acceptors (Lipinski definition) is 2. The van der Waals surface area contributed by atoms with Crippen LogP contribution < -0.4 is 5.32 Å². The first-order chi connectivity index (χ1) is 9.55. The van der Waals surface area contributed by atoms with Crippen molar-refractivity contribution in [1.29, 1.82) is 0 Å². The van der Waals surface area contributed by atoms with Gasteiger partial charge in [0.05, 0.1) is 0 Å². The molecule has 1 atom stereocenters. The van der Waals surface area contributed by atoms with Crippen LogP contribution in [0.5, 0.6) is 0 Å². The molecule has 1 rings (SSSR count). The minimum atomic E-state index is -4.29. The van der Waals surface area contributed by atoms with E-state index in [2.05, 4.69) is 12.2 Å². The average molecular weight is 289 g/mol. The lowest BCUT2D eigenvalue weighted by Crippen LogP contribution is -2.35. The van der Waals surface area contributed by atoms with Gasteiger partial charge in [-0.2, -0.15) is 13.2 Å². The van der Waals surface area contributed by atoms with Crippen molar-refractivity contribution < 1.29 is 17.9 Å². The van der Waals surface area contributed by atoms with E-state index in [4.69, 9.17) is 4.74 Å². The summed E-state index contributed by atoms with van der Waals surface area (Å²) >= 11 is 0. The molecule has 1 N–H and O–H groups in total. The number of ether oxygens (including phenoxy) is 1. The molecule has 2 nitrogen and oxygen atoms in total. The van der Waals surface area contributed by atoms with Gasteiger partial charge in [-0.3, -0.25) is 0 Å². The molecule has 5 heteroatoms. The van der Waals surface area contributed by atoms with Crippen LogP contribution in [0.25, 0.3) is 0 Å². The van der Waals surface area contributed by atoms with Crippen LogP contribution in [0.2, 0.25) is 0 Å². The number of nitrogens with one attached hydrogen (secondary N) is 1. The van der Waals surface area contributed by atoms with E-state index in [1.54, 1.807) is 18.2 Å². The fraction of sp³-hybridized carbons (Fsp3) is 0.600. The standard InChI is InChI=1S/C15H22F3NO/c1-2-3-11-20-12-7-10-19-14(15(16,17)18)13-8-5-4-6-9-13/h4-6,8-9,14,19H,2-3,7,10-12H2,1H3. The maximum atomic E-state index is 13.0. The van der Waals surface area contributed by atoms with Crippen molar-refractivity contribution in [3.63, 3.8) is 0 Å². The molecule has 1 unspecified atom stereocenters. The molecule has 0 saturated carbocycles. The monoisotopic (exact) mass is 289 g/mol. The first-order valence-electron chi connectivity index (χ1n) is 6.98. The molecular weight excluding hydrogens is 267 g/mol. The number of hydrogen-bond donors (Lipinski definition) is 1. The Morgan fingerprint density at radius 2 is 1.75 bits per heavy atom. The summed E-state index contributed by atoms with van der Waals surface area (Å²) in [5.41, 5.74) is 0.243. The Labute approximate surface area is 118 Å². The van der Waals surface area contributed by atoms with Gasteiger partial charge in [-0.1, -0.05) is 43.7 Å². The molecule has 0 saturated heterocycles. The highest BCUT2D eigenvalue weighted by atomic mass is 19.4. The van der Waals surface area contributed by atoms with Crippen molar-refractivity contribution in [2.45, 2.75) is 38.4 Å². The molecule has 114 valence electrons. The zero-order valence-electron chi connectivity index (χ0n) is 11.7. The molecule has 0 fully saturated rings. The maximum Gasteiger partial charge on any atom is 0.407 e. The first kappa shape index (κ1) is 17.0. The molecule has 0 aliphatic carbocycles. The summed E-state index contributed by atoms with van der Waals surface area (Å²) in [5.74, 6) is 0. The van der Waals surface area contributed by atoms with E-state index >= 15 is 0 Å². The Hall–Kier alpha value is -1.07. The zero-order chi connectivity index (χ0) is 14.8. The Morgan fingerprint density at radius 1 is 1.10 bits per heavy atom.